The van der Waals surface area contributed by atoms with Gasteiger partial charge in [-0.3, -0.25) is 4.79 Å². The third-order valence-corrected chi connectivity index (χ3v) is 5.71. The van der Waals surface area contributed by atoms with Crippen LogP contribution in [0.4, 0.5) is 13.2 Å². The molecule has 1 aliphatic rings. The van der Waals surface area contributed by atoms with Crippen molar-refractivity contribution in [2.75, 3.05) is 6.61 Å². The highest BCUT2D eigenvalue weighted by Gasteiger charge is 2.36. The molecule has 1 aliphatic heterocycles. The molecule has 1 fully saturated rings. The second-order valence-electron chi connectivity index (χ2n) is 6.24. The fraction of sp³-hybridized carbons (Fsp3) is 0.471. The van der Waals surface area contributed by atoms with Crippen LogP contribution >= 0.6 is 22.9 Å². The minimum absolute atomic E-state index is 0.00897. The molecule has 1 atom stereocenters. The molecule has 1 saturated heterocycles. The van der Waals surface area contributed by atoms with E-state index in [1.54, 1.807) is 0 Å². The van der Waals surface area contributed by atoms with E-state index in [-0.39, 0.29) is 11.3 Å². The zero-order valence-corrected chi connectivity index (χ0v) is 16.2. The number of hydrogen-bond acceptors (Lipinski definition) is 4. The molecule has 2 aromatic rings. The number of alkyl halides is 3. The summed E-state index contributed by atoms with van der Waals surface area (Å²) in [4.78, 5) is 21.4. The lowest BCUT2D eigenvalue weighted by Gasteiger charge is -2.12. The number of carbonyl (C=O) groups is 1. The maximum atomic E-state index is 13.2. The molecule has 0 radical (unpaired) electrons. The van der Waals surface area contributed by atoms with Crippen LogP contribution in [0, 0.1) is 13.8 Å². The summed E-state index contributed by atoms with van der Waals surface area (Å²) >= 11 is 6.82. The van der Waals surface area contributed by atoms with Gasteiger partial charge in [-0.1, -0.05) is 11.6 Å². The second-order valence-corrected chi connectivity index (χ2v) is 7.81. The Balaban J connectivity index is 2.03. The molecule has 5 nitrogen and oxygen atoms in total. The molecule has 3 rings (SSSR count). The number of aryl methyl sites for hydroxylation is 1. The Hall–Kier alpha value is -1.71. The smallest absolute Gasteiger partial charge is 0.376 e. The van der Waals surface area contributed by atoms with Gasteiger partial charge in [0.15, 0.2) is 4.80 Å². The van der Waals surface area contributed by atoms with Crippen molar-refractivity contribution in [3.8, 4) is 0 Å². The molecule has 1 unspecified atom stereocenters. The Labute approximate surface area is 162 Å². The lowest BCUT2D eigenvalue weighted by atomic mass is 10.1. The van der Waals surface area contributed by atoms with E-state index < -0.39 is 23.2 Å². The molecule has 0 spiro atoms. The predicted octanol–water partition coefficient (Wildman–Crippen LogP) is 4.15. The summed E-state index contributed by atoms with van der Waals surface area (Å²) in [5.74, 6) is -1.01. The van der Waals surface area contributed by atoms with Gasteiger partial charge in [0.1, 0.15) is 5.15 Å². The molecule has 10 heteroatoms. The van der Waals surface area contributed by atoms with Gasteiger partial charge in [-0.05, 0) is 32.8 Å². The van der Waals surface area contributed by atoms with Crippen LogP contribution < -0.4 is 4.80 Å². The van der Waals surface area contributed by atoms with Crippen LogP contribution in [0.5, 0.6) is 0 Å². The van der Waals surface area contributed by atoms with Gasteiger partial charge in [0.25, 0.3) is 5.91 Å². The average Bonchev–Trinajstić information content (AvgIpc) is 3.18. The molecule has 1 amide bonds. The molecular formula is C17H17ClF3N3O2S. The number of ether oxygens (including phenoxy) is 1. The van der Waals surface area contributed by atoms with Crippen LogP contribution in [0.2, 0.25) is 5.15 Å². The summed E-state index contributed by atoms with van der Waals surface area (Å²) in [6, 6.07) is 0.635. The zero-order valence-electron chi connectivity index (χ0n) is 14.6. The largest absolute Gasteiger partial charge is 0.417 e. The first-order valence-corrected chi connectivity index (χ1v) is 9.46. The van der Waals surface area contributed by atoms with Crippen molar-refractivity contribution in [1.29, 1.82) is 0 Å². The Kier molecular flexibility index (Phi) is 5.73. The first-order chi connectivity index (χ1) is 12.7. The Morgan fingerprint density at radius 1 is 1.48 bits per heavy atom. The number of rotatable bonds is 3. The predicted molar refractivity (Wildman–Crippen MR) is 94.9 cm³/mol. The van der Waals surface area contributed by atoms with E-state index in [0.29, 0.717) is 24.0 Å². The van der Waals surface area contributed by atoms with Gasteiger partial charge in [0, 0.05) is 23.4 Å². The van der Waals surface area contributed by atoms with Crippen LogP contribution in [0.25, 0.3) is 0 Å². The van der Waals surface area contributed by atoms with Gasteiger partial charge in [-0.25, -0.2) is 4.98 Å². The Morgan fingerprint density at radius 2 is 2.22 bits per heavy atom. The standard InChI is InChI=1S/C17H17ClF3N3O2S/c1-9-10(2)27-16(24(9)8-11-4-3-5-26-11)23-15(25)12-7-22-14(18)6-13(12)17(19,20)21/h6-7,11H,3-5,8H2,1-2H3/b23-16-. The number of thiazole rings is 1. The zero-order chi connectivity index (χ0) is 19.8. The molecule has 0 N–H and O–H groups in total. The van der Waals surface area contributed by atoms with Crippen LogP contribution in [0.1, 0.15) is 39.3 Å². The minimum atomic E-state index is -4.73. The topological polar surface area (TPSA) is 56.5 Å². The van der Waals surface area contributed by atoms with Gasteiger partial charge in [0.05, 0.1) is 23.8 Å². The SMILES string of the molecule is Cc1s/c(=N\C(=O)c2cnc(Cl)cc2C(F)(F)F)n(CC2CCCO2)c1C. The monoisotopic (exact) mass is 419 g/mol. The molecule has 3 heterocycles. The molecular weight excluding hydrogens is 403 g/mol. The molecule has 146 valence electrons. The van der Waals surface area contributed by atoms with Crippen molar-refractivity contribution < 1.29 is 22.7 Å². The van der Waals surface area contributed by atoms with E-state index in [2.05, 4.69) is 9.98 Å². The fourth-order valence-corrected chi connectivity index (χ4v) is 4.01. The maximum absolute atomic E-state index is 13.2. The van der Waals surface area contributed by atoms with Crippen molar-refractivity contribution in [3.63, 3.8) is 0 Å². The Morgan fingerprint density at radius 3 is 2.85 bits per heavy atom. The van der Waals surface area contributed by atoms with Crippen LogP contribution in [-0.4, -0.2) is 28.2 Å². The molecule has 0 saturated carbocycles. The van der Waals surface area contributed by atoms with E-state index >= 15 is 0 Å². The van der Waals surface area contributed by atoms with E-state index in [0.717, 1.165) is 29.6 Å². The molecule has 0 bridgehead atoms. The summed E-state index contributed by atoms with van der Waals surface area (Å²) in [5, 5.41) is -0.338. The van der Waals surface area contributed by atoms with E-state index in [4.69, 9.17) is 16.3 Å². The summed E-state index contributed by atoms with van der Waals surface area (Å²) < 4.78 is 47.2. The minimum Gasteiger partial charge on any atom is -0.376 e. The van der Waals surface area contributed by atoms with Crippen LogP contribution in [0.15, 0.2) is 17.3 Å². The van der Waals surface area contributed by atoms with Crippen LogP contribution in [0.3, 0.4) is 0 Å². The number of halogens is 4. The fourth-order valence-electron chi connectivity index (χ4n) is 2.87. The number of pyridine rings is 1. The van der Waals surface area contributed by atoms with Gasteiger partial charge in [-0.15, -0.1) is 11.3 Å². The molecule has 27 heavy (non-hydrogen) atoms. The number of nitrogens with zero attached hydrogens (tertiary/aromatic N) is 3. The maximum Gasteiger partial charge on any atom is 0.417 e. The van der Waals surface area contributed by atoms with E-state index in [9.17, 15) is 18.0 Å². The average molecular weight is 420 g/mol. The summed E-state index contributed by atoms with van der Waals surface area (Å²) in [5.41, 5.74) is -0.862. The highest BCUT2D eigenvalue weighted by atomic mass is 35.5. The summed E-state index contributed by atoms with van der Waals surface area (Å²) in [6.07, 6.45) is -2.05. The first kappa shape index (κ1) is 20.0. The molecule has 0 aromatic carbocycles. The highest BCUT2D eigenvalue weighted by molar-refractivity contribution is 7.09. The number of aromatic nitrogens is 2. The molecule has 0 aliphatic carbocycles. The van der Waals surface area contributed by atoms with Crippen molar-refractivity contribution in [2.45, 2.75) is 45.5 Å². The van der Waals surface area contributed by atoms with Crippen molar-refractivity contribution in [3.05, 3.63) is 43.9 Å². The van der Waals surface area contributed by atoms with Crippen molar-refractivity contribution >= 4 is 28.8 Å². The van der Waals surface area contributed by atoms with Crippen molar-refractivity contribution in [2.24, 2.45) is 4.99 Å². The second kappa shape index (κ2) is 7.73. The third kappa shape index (κ3) is 4.41. The van der Waals surface area contributed by atoms with Gasteiger partial charge in [0.2, 0.25) is 0 Å². The van der Waals surface area contributed by atoms with Gasteiger partial charge >= 0.3 is 6.18 Å². The summed E-state index contributed by atoms with van der Waals surface area (Å²) in [6.45, 7) is 4.95. The quantitative estimate of drug-likeness (QED) is 0.702. The first-order valence-electron chi connectivity index (χ1n) is 8.27. The lowest BCUT2D eigenvalue weighted by Crippen LogP contribution is -2.25. The molecule has 2 aromatic heterocycles. The van der Waals surface area contributed by atoms with E-state index in [1.165, 1.54) is 11.3 Å². The highest BCUT2D eigenvalue weighted by Crippen LogP contribution is 2.33. The van der Waals surface area contributed by atoms with Gasteiger partial charge in [-0.2, -0.15) is 18.2 Å². The third-order valence-electron chi connectivity index (χ3n) is 4.40. The van der Waals surface area contributed by atoms with Crippen LogP contribution in [-0.2, 0) is 17.5 Å². The normalized spacial score (nSPS) is 18.3. The van der Waals surface area contributed by atoms with Gasteiger partial charge < -0.3 is 9.30 Å². The van der Waals surface area contributed by atoms with Crippen molar-refractivity contribution in [1.82, 2.24) is 9.55 Å². The Bertz CT molecular complexity index is 930. The number of carbonyl (C=O) groups excluding carboxylic acids is 1. The number of hydrogen-bond donors (Lipinski definition) is 0. The van der Waals surface area contributed by atoms with E-state index in [1.807, 2.05) is 18.4 Å². The summed E-state index contributed by atoms with van der Waals surface area (Å²) in [7, 11) is 0. The lowest BCUT2D eigenvalue weighted by molar-refractivity contribution is -0.138. The number of amides is 1.